The Labute approximate surface area is 151 Å². The molecule has 1 aliphatic rings. The standard InChI is InChI=1S/C10H10BF4NO2.K/c1-10(18-2)4(9(17)16-3-11)5(12)6(13)7(14)8(10)15;/h4H,3H2,1-2H3,(H,16,17);. The number of hydrogen-bond acceptors (Lipinski definition) is 2. The van der Waals surface area contributed by atoms with Crippen LogP contribution < -0.4 is 5.32 Å². The SMILES string of the molecule is [B]CNC(=O)C1C(F)=C(F)C(F)=C(F)C1(C)OC.[K]. The molecule has 3 radical (unpaired) electrons. The molecule has 1 amide bonds. The number of halogens is 4. The average molecular weight is 302 g/mol. The second-order valence-corrected chi connectivity index (χ2v) is 3.78. The monoisotopic (exact) mass is 302 g/mol. The third kappa shape index (κ3) is 3.33. The molecule has 1 aliphatic carbocycles. The van der Waals surface area contributed by atoms with Crippen molar-refractivity contribution in [2.75, 3.05) is 13.6 Å². The van der Waals surface area contributed by atoms with Crippen molar-refractivity contribution in [2.24, 2.45) is 5.92 Å². The van der Waals surface area contributed by atoms with Crippen molar-refractivity contribution >= 4 is 65.1 Å². The summed E-state index contributed by atoms with van der Waals surface area (Å²) in [5.41, 5.74) is -2.26. The van der Waals surface area contributed by atoms with Gasteiger partial charge < -0.3 is 10.1 Å². The Morgan fingerprint density at radius 1 is 1.37 bits per heavy atom. The zero-order chi connectivity index (χ0) is 14.1. The maximum absolute atomic E-state index is 13.6. The van der Waals surface area contributed by atoms with Crippen LogP contribution in [0, 0.1) is 5.92 Å². The van der Waals surface area contributed by atoms with Gasteiger partial charge in [-0.25, -0.2) is 17.6 Å². The van der Waals surface area contributed by atoms with Crippen molar-refractivity contribution in [1.29, 1.82) is 0 Å². The third-order valence-corrected chi connectivity index (χ3v) is 2.80. The number of nitrogens with one attached hydrogen (secondary N) is 1. The summed E-state index contributed by atoms with van der Waals surface area (Å²) in [6.07, 6.45) is -0.363. The van der Waals surface area contributed by atoms with Crippen LogP contribution in [0.3, 0.4) is 0 Å². The second kappa shape index (κ2) is 7.37. The minimum Gasteiger partial charge on any atom is -0.370 e. The topological polar surface area (TPSA) is 38.3 Å². The fourth-order valence-electron chi connectivity index (χ4n) is 1.69. The Morgan fingerprint density at radius 3 is 2.32 bits per heavy atom. The van der Waals surface area contributed by atoms with Gasteiger partial charge in [0.25, 0.3) is 0 Å². The molecule has 0 fully saturated rings. The van der Waals surface area contributed by atoms with Crippen molar-refractivity contribution in [3.8, 4) is 0 Å². The Bertz CT molecular complexity index is 443. The number of hydrogen-bond donors (Lipinski definition) is 1. The quantitative estimate of drug-likeness (QED) is 0.628. The first-order chi connectivity index (χ1) is 8.31. The van der Waals surface area contributed by atoms with Crippen LogP contribution in [-0.4, -0.2) is 84.3 Å². The first kappa shape index (κ1) is 19.3. The van der Waals surface area contributed by atoms with Crippen LogP contribution >= 0.6 is 0 Å². The number of carbonyl (C=O) groups is 1. The van der Waals surface area contributed by atoms with E-state index in [1.54, 1.807) is 0 Å². The molecule has 0 aromatic carbocycles. The van der Waals surface area contributed by atoms with Crippen molar-refractivity contribution in [2.45, 2.75) is 12.5 Å². The minimum absolute atomic E-state index is 0. The largest absolute Gasteiger partial charge is 0.370 e. The molecule has 2 atom stereocenters. The number of ether oxygens (including phenoxy) is 1. The summed E-state index contributed by atoms with van der Waals surface area (Å²) in [6.45, 7) is 0.939. The van der Waals surface area contributed by atoms with Crippen LogP contribution in [0.2, 0.25) is 0 Å². The summed E-state index contributed by atoms with van der Waals surface area (Å²) in [5, 5.41) is 2.00. The van der Waals surface area contributed by atoms with Crippen molar-refractivity contribution in [1.82, 2.24) is 5.32 Å². The van der Waals surface area contributed by atoms with Crippen LogP contribution in [0.5, 0.6) is 0 Å². The summed E-state index contributed by atoms with van der Waals surface area (Å²) in [4.78, 5) is 11.6. The normalized spacial score (nSPS) is 27.2. The molecule has 3 nitrogen and oxygen atoms in total. The van der Waals surface area contributed by atoms with E-state index in [0.29, 0.717) is 0 Å². The van der Waals surface area contributed by atoms with Gasteiger partial charge in [-0.2, -0.15) is 0 Å². The molecule has 0 aromatic heterocycles. The van der Waals surface area contributed by atoms with E-state index in [2.05, 4.69) is 4.74 Å². The van der Waals surface area contributed by atoms with Crippen molar-refractivity contribution < 1.29 is 27.1 Å². The van der Waals surface area contributed by atoms with Crippen LogP contribution in [0.1, 0.15) is 6.92 Å². The van der Waals surface area contributed by atoms with E-state index in [9.17, 15) is 22.4 Å². The molecule has 0 aromatic rings. The van der Waals surface area contributed by atoms with Gasteiger partial charge in [0.05, 0.1) is 7.85 Å². The Hall–Kier alpha value is 0.331. The van der Waals surface area contributed by atoms with Gasteiger partial charge in [0.15, 0.2) is 23.3 Å². The first-order valence-corrected chi connectivity index (χ1v) is 4.95. The summed E-state index contributed by atoms with van der Waals surface area (Å²) in [7, 11) is 5.97. The van der Waals surface area contributed by atoms with Gasteiger partial charge in [0, 0.05) is 58.5 Å². The summed E-state index contributed by atoms with van der Waals surface area (Å²) in [6, 6.07) is 0. The number of methoxy groups -OCH3 is 1. The number of allylic oxidation sites excluding steroid dienone is 2. The third-order valence-electron chi connectivity index (χ3n) is 2.80. The molecule has 1 rings (SSSR count). The fourth-order valence-corrected chi connectivity index (χ4v) is 1.69. The minimum atomic E-state index is -2.26. The number of amides is 1. The molecular weight excluding hydrogens is 292 g/mol. The second-order valence-electron chi connectivity index (χ2n) is 3.78. The molecule has 9 heteroatoms. The molecule has 0 spiro atoms. The average Bonchev–Trinajstić information content (AvgIpc) is 2.34. The van der Waals surface area contributed by atoms with E-state index in [0.717, 1.165) is 14.0 Å². The summed E-state index contributed by atoms with van der Waals surface area (Å²) >= 11 is 0. The van der Waals surface area contributed by atoms with E-state index >= 15 is 0 Å². The molecule has 99 valence electrons. The van der Waals surface area contributed by atoms with Crippen molar-refractivity contribution in [3.05, 3.63) is 23.3 Å². The molecular formula is C10H10BF4KNO2. The van der Waals surface area contributed by atoms with E-state index in [1.165, 1.54) is 0 Å². The van der Waals surface area contributed by atoms with Gasteiger partial charge in [-0.3, -0.25) is 4.79 Å². The Balaban J connectivity index is 0.00000324. The van der Waals surface area contributed by atoms with E-state index in [4.69, 9.17) is 7.85 Å². The zero-order valence-electron chi connectivity index (χ0n) is 10.7. The number of rotatable bonds is 3. The Kier molecular flexibility index (Phi) is 7.50. The maximum Gasteiger partial charge on any atom is 0.232 e. The summed E-state index contributed by atoms with van der Waals surface area (Å²) < 4.78 is 58.1. The van der Waals surface area contributed by atoms with Gasteiger partial charge >= 0.3 is 0 Å². The summed E-state index contributed by atoms with van der Waals surface area (Å²) in [5.74, 6) is -10.5. The van der Waals surface area contributed by atoms with E-state index in [1.807, 2.05) is 5.32 Å². The fraction of sp³-hybridized carbons (Fsp3) is 0.500. The van der Waals surface area contributed by atoms with Gasteiger partial charge in [0.2, 0.25) is 5.91 Å². The van der Waals surface area contributed by atoms with E-state index in [-0.39, 0.29) is 57.8 Å². The predicted octanol–water partition coefficient (Wildman–Crippen LogP) is 1.18. The first-order valence-electron chi connectivity index (χ1n) is 4.95. The van der Waals surface area contributed by atoms with E-state index < -0.39 is 40.7 Å². The molecule has 1 N–H and O–H groups in total. The molecule has 2 unspecified atom stereocenters. The van der Waals surface area contributed by atoms with Gasteiger partial charge in [-0.05, 0) is 13.4 Å². The van der Waals surface area contributed by atoms with Gasteiger partial charge in [0.1, 0.15) is 11.5 Å². The van der Waals surface area contributed by atoms with Crippen molar-refractivity contribution in [3.63, 3.8) is 0 Å². The van der Waals surface area contributed by atoms with Crippen LogP contribution in [-0.2, 0) is 9.53 Å². The molecule has 0 heterocycles. The predicted molar refractivity (Wildman–Crippen MR) is 61.9 cm³/mol. The number of carbonyl (C=O) groups excluding carboxylic acids is 1. The van der Waals surface area contributed by atoms with Crippen LogP contribution in [0.15, 0.2) is 23.3 Å². The molecule has 0 bridgehead atoms. The van der Waals surface area contributed by atoms with Crippen LogP contribution in [0.25, 0.3) is 0 Å². The maximum atomic E-state index is 13.6. The van der Waals surface area contributed by atoms with Gasteiger partial charge in [-0.1, -0.05) is 0 Å². The smallest absolute Gasteiger partial charge is 0.232 e. The molecule has 0 aliphatic heterocycles. The van der Waals surface area contributed by atoms with Gasteiger partial charge in [-0.15, -0.1) is 0 Å². The van der Waals surface area contributed by atoms with Crippen LogP contribution in [0.4, 0.5) is 17.6 Å². The molecule has 0 saturated heterocycles. The zero-order valence-corrected chi connectivity index (χ0v) is 13.8. The molecule has 0 saturated carbocycles. The Morgan fingerprint density at radius 2 is 1.89 bits per heavy atom. The molecule has 19 heavy (non-hydrogen) atoms.